The van der Waals surface area contributed by atoms with Gasteiger partial charge in [-0.25, -0.2) is 4.39 Å². The highest BCUT2D eigenvalue weighted by molar-refractivity contribution is 9.10. The maximum absolute atomic E-state index is 13.5. The van der Waals surface area contributed by atoms with E-state index in [1.165, 1.54) is 11.6 Å². The van der Waals surface area contributed by atoms with Crippen LogP contribution in [0, 0.1) is 5.82 Å². The molecule has 5 heteroatoms. The SMILES string of the molecule is Fc1cccc(CNCc2cc(Br)cc3c2OCC3)c1Br. The van der Waals surface area contributed by atoms with Crippen LogP contribution < -0.4 is 10.1 Å². The largest absolute Gasteiger partial charge is 0.493 e. The zero-order valence-corrected chi connectivity index (χ0v) is 14.4. The summed E-state index contributed by atoms with van der Waals surface area (Å²) in [5.41, 5.74) is 3.28. The fourth-order valence-corrected chi connectivity index (χ4v) is 3.45. The van der Waals surface area contributed by atoms with E-state index < -0.39 is 0 Å². The van der Waals surface area contributed by atoms with Gasteiger partial charge in [-0.05, 0) is 45.3 Å². The number of halogens is 3. The summed E-state index contributed by atoms with van der Waals surface area (Å²) < 4.78 is 20.7. The Kier molecular flexibility index (Phi) is 4.62. The highest BCUT2D eigenvalue weighted by Gasteiger charge is 2.17. The van der Waals surface area contributed by atoms with Gasteiger partial charge in [0, 0.05) is 29.5 Å². The first-order valence-corrected chi connectivity index (χ1v) is 8.31. The van der Waals surface area contributed by atoms with Crippen LogP contribution in [0.2, 0.25) is 0 Å². The Balaban J connectivity index is 1.70. The van der Waals surface area contributed by atoms with E-state index in [0.29, 0.717) is 17.6 Å². The Labute approximate surface area is 140 Å². The van der Waals surface area contributed by atoms with Gasteiger partial charge in [-0.15, -0.1) is 0 Å². The van der Waals surface area contributed by atoms with Crippen LogP contribution in [0.15, 0.2) is 39.3 Å². The van der Waals surface area contributed by atoms with Gasteiger partial charge < -0.3 is 10.1 Å². The summed E-state index contributed by atoms with van der Waals surface area (Å²) in [4.78, 5) is 0. The van der Waals surface area contributed by atoms with Crippen LogP contribution >= 0.6 is 31.9 Å². The second-order valence-corrected chi connectivity index (χ2v) is 6.68. The van der Waals surface area contributed by atoms with E-state index in [4.69, 9.17) is 4.74 Å². The monoisotopic (exact) mass is 413 g/mol. The number of benzene rings is 2. The van der Waals surface area contributed by atoms with Gasteiger partial charge in [0.15, 0.2) is 0 Å². The molecule has 0 spiro atoms. The summed E-state index contributed by atoms with van der Waals surface area (Å²) in [5.74, 6) is 0.755. The number of hydrogen-bond donors (Lipinski definition) is 1. The maximum atomic E-state index is 13.5. The molecule has 0 atom stereocenters. The molecule has 0 radical (unpaired) electrons. The van der Waals surface area contributed by atoms with Crippen LogP contribution in [-0.2, 0) is 19.5 Å². The zero-order chi connectivity index (χ0) is 14.8. The third-order valence-electron chi connectivity index (χ3n) is 3.49. The summed E-state index contributed by atoms with van der Waals surface area (Å²) in [6.07, 6.45) is 0.956. The first-order chi connectivity index (χ1) is 10.1. The molecule has 0 aliphatic carbocycles. The van der Waals surface area contributed by atoms with Crippen LogP contribution in [0.1, 0.15) is 16.7 Å². The van der Waals surface area contributed by atoms with Gasteiger partial charge in [-0.2, -0.15) is 0 Å². The Morgan fingerprint density at radius 3 is 2.81 bits per heavy atom. The fraction of sp³-hybridized carbons (Fsp3) is 0.250. The van der Waals surface area contributed by atoms with Crippen LogP contribution in [-0.4, -0.2) is 6.61 Å². The van der Waals surface area contributed by atoms with Crippen molar-refractivity contribution in [3.8, 4) is 5.75 Å². The average Bonchev–Trinajstić information content (AvgIpc) is 2.91. The normalized spacial score (nSPS) is 13.1. The lowest BCUT2D eigenvalue weighted by molar-refractivity contribution is 0.352. The number of nitrogens with one attached hydrogen (secondary N) is 1. The topological polar surface area (TPSA) is 21.3 Å². The summed E-state index contributed by atoms with van der Waals surface area (Å²) in [6, 6.07) is 9.24. The molecule has 2 aromatic rings. The third-order valence-corrected chi connectivity index (χ3v) is 4.83. The lowest BCUT2D eigenvalue weighted by Crippen LogP contribution is -2.14. The van der Waals surface area contributed by atoms with Crippen molar-refractivity contribution in [1.29, 1.82) is 0 Å². The quantitative estimate of drug-likeness (QED) is 0.790. The van der Waals surface area contributed by atoms with Crippen molar-refractivity contribution in [3.05, 3.63) is 61.8 Å². The first kappa shape index (κ1) is 15.0. The molecule has 2 aromatic carbocycles. The molecule has 0 fully saturated rings. The lowest BCUT2D eigenvalue weighted by Gasteiger charge is -2.11. The van der Waals surface area contributed by atoms with Crippen LogP contribution in [0.25, 0.3) is 0 Å². The highest BCUT2D eigenvalue weighted by atomic mass is 79.9. The predicted molar refractivity (Wildman–Crippen MR) is 88.0 cm³/mol. The molecule has 21 heavy (non-hydrogen) atoms. The minimum Gasteiger partial charge on any atom is -0.493 e. The summed E-state index contributed by atoms with van der Waals surface area (Å²) in [7, 11) is 0. The van der Waals surface area contributed by atoms with Gasteiger partial charge in [0.25, 0.3) is 0 Å². The molecule has 1 heterocycles. The Morgan fingerprint density at radius 2 is 1.95 bits per heavy atom. The standard InChI is InChI=1S/C16H14Br2FNO/c17-13-6-10-4-5-21-16(10)12(7-13)9-20-8-11-2-1-3-14(19)15(11)18/h1-3,6-7,20H,4-5,8-9H2. The predicted octanol–water partition coefficient (Wildman–Crippen LogP) is 4.58. The maximum Gasteiger partial charge on any atom is 0.137 e. The van der Waals surface area contributed by atoms with E-state index in [9.17, 15) is 4.39 Å². The van der Waals surface area contributed by atoms with Crippen molar-refractivity contribution in [3.63, 3.8) is 0 Å². The van der Waals surface area contributed by atoms with Gasteiger partial charge >= 0.3 is 0 Å². The fourth-order valence-electron chi connectivity index (χ4n) is 2.49. The van der Waals surface area contributed by atoms with Crippen molar-refractivity contribution in [2.75, 3.05) is 6.61 Å². The molecule has 0 bridgehead atoms. The van der Waals surface area contributed by atoms with E-state index in [0.717, 1.165) is 34.4 Å². The van der Waals surface area contributed by atoms with Crippen molar-refractivity contribution < 1.29 is 9.13 Å². The van der Waals surface area contributed by atoms with Crippen molar-refractivity contribution >= 4 is 31.9 Å². The smallest absolute Gasteiger partial charge is 0.137 e. The van der Waals surface area contributed by atoms with Crippen molar-refractivity contribution in [2.45, 2.75) is 19.5 Å². The third kappa shape index (κ3) is 3.30. The van der Waals surface area contributed by atoms with Gasteiger partial charge in [0.05, 0.1) is 11.1 Å². The first-order valence-electron chi connectivity index (χ1n) is 6.73. The Hall–Kier alpha value is -0.910. The van der Waals surface area contributed by atoms with E-state index in [-0.39, 0.29) is 5.82 Å². The van der Waals surface area contributed by atoms with E-state index >= 15 is 0 Å². The van der Waals surface area contributed by atoms with Crippen LogP contribution in [0.5, 0.6) is 5.75 Å². The zero-order valence-electron chi connectivity index (χ0n) is 11.3. The summed E-state index contributed by atoms with van der Waals surface area (Å²) in [5, 5.41) is 3.35. The van der Waals surface area contributed by atoms with E-state index in [1.807, 2.05) is 6.07 Å². The molecular formula is C16H14Br2FNO. The van der Waals surface area contributed by atoms with Gasteiger partial charge in [0.1, 0.15) is 11.6 Å². The molecule has 1 N–H and O–H groups in total. The molecule has 2 nitrogen and oxygen atoms in total. The molecule has 3 rings (SSSR count). The van der Waals surface area contributed by atoms with E-state index in [2.05, 4.69) is 49.3 Å². The number of hydrogen-bond acceptors (Lipinski definition) is 2. The molecule has 0 amide bonds. The molecule has 1 aliphatic heterocycles. The Bertz CT molecular complexity index is 676. The van der Waals surface area contributed by atoms with Gasteiger partial charge in [-0.1, -0.05) is 28.1 Å². The Morgan fingerprint density at radius 1 is 1.14 bits per heavy atom. The molecular weight excluding hydrogens is 401 g/mol. The molecule has 110 valence electrons. The molecule has 1 aliphatic rings. The van der Waals surface area contributed by atoms with Crippen molar-refractivity contribution in [2.24, 2.45) is 0 Å². The average molecular weight is 415 g/mol. The molecule has 0 saturated heterocycles. The van der Waals surface area contributed by atoms with Gasteiger partial charge in [-0.3, -0.25) is 0 Å². The number of fused-ring (bicyclic) bond motifs is 1. The summed E-state index contributed by atoms with van der Waals surface area (Å²) >= 11 is 6.81. The van der Waals surface area contributed by atoms with Crippen LogP contribution in [0.4, 0.5) is 4.39 Å². The lowest BCUT2D eigenvalue weighted by atomic mass is 10.1. The second-order valence-electron chi connectivity index (χ2n) is 4.97. The number of rotatable bonds is 4. The molecule has 0 unspecified atom stereocenters. The molecule has 0 saturated carbocycles. The summed E-state index contributed by atoms with van der Waals surface area (Å²) in [6.45, 7) is 2.03. The van der Waals surface area contributed by atoms with Gasteiger partial charge in [0.2, 0.25) is 0 Å². The van der Waals surface area contributed by atoms with Crippen LogP contribution in [0.3, 0.4) is 0 Å². The minimum absolute atomic E-state index is 0.235. The highest BCUT2D eigenvalue weighted by Crippen LogP contribution is 2.33. The molecule has 0 aromatic heterocycles. The number of ether oxygens (including phenoxy) is 1. The van der Waals surface area contributed by atoms with E-state index in [1.54, 1.807) is 6.07 Å². The van der Waals surface area contributed by atoms with Crippen molar-refractivity contribution in [1.82, 2.24) is 5.32 Å². The second kappa shape index (κ2) is 6.46. The minimum atomic E-state index is -0.235.